The van der Waals surface area contributed by atoms with Gasteiger partial charge in [0.15, 0.2) is 0 Å². The molecule has 0 saturated carbocycles. The molecule has 4 nitrogen and oxygen atoms in total. The van der Waals surface area contributed by atoms with Crippen molar-refractivity contribution in [3.8, 4) is 0 Å². The Morgan fingerprint density at radius 2 is 1.62 bits per heavy atom. The molecule has 0 aliphatic carbocycles. The molecule has 2 amide bonds. The first kappa shape index (κ1) is 20.0. The maximum absolute atomic E-state index is 12.5. The normalized spacial score (nSPS) is 10.7. The second-order valence-electron chi connectivity index (χ2n) is 6.89. The van der Waals surface area contributed by atoms with E-state index in [1.807, 2.05) is 26.0 Å². The zero-order valence-electron chi connectivity index (χ0n) is 15.7. The number of nitrogens with one attached hydrogen (secondary N) is 2. The molecule has 138 valence electrons. The number of rotatable bonds is 6. The van der Waals surface area contributed by atoms with E-state index in [-0.39, 0.29) is 11.8 Å². The van der Waals surface area contributed by atoms with Gasteiger partial charge in [-0.05, 0) is 67.6 Å². The topological polar surface area (TPSA) is 58.2 Å². The minimum Gasteiger partial charge on any atom is -0.352 e. The standard InChI is InChI=1S/C21H25ClN2O2/c1-13(2)9-10-23-20(25)17-7-8-18(22)19(12-17)24-21(26)16-6-5-14(3)15(4)11-16/h5-8,11-13H,9-10H2,1-4H3,(H,23,25)(H,24,26). The van der Waals surface area contributed by atoms with Crippen molar-refractivity contribution < 1.29 is 9.59 Å². The van der Waals surface area contributed by atoms with Crippen molar-refractivity contribution in [3.63, 3.8) is 0 Å². The van der Waals surface area contributed by atoms with Gasteiger partial charge < -0.3 is 10.6 Å². The lowest BCUT2D eigenvalue weighted by molar-refractivity contribution is 0.0950. The Morgan fingerprint density at radius 1 is 0.962 bits per heavy atom. The van der Waals surface area contributed by atoms with Crippen LogP contribution < -0.4 is 10.6 Å². The third-order valence-electron chi connectivity index (χ3n) is 4.25. The SMILES string of the molecule is Cc1ccc(C(=O)Nc2cc(C(=O)NCCC(C)C)ccc2Cl)cc1C. The monoisotopic (exact) mass is 372 g/mol. The van der Waals surface area contributed by atoms with Gasteiger partial charge in [-0.1, -0.05) is 31.5 Å². The third kappa shape index (κ3) is 5.33. The summed E-state index contributed by atoms with van der Waals surface area (Å²) in [5, 5.41) is 6.06. The van der Waals surface area contributed by atoms with Gasteiger partial charge in [0.1, 0.15) is 0 Å². The van der Waals surface area contributed by atoms with Crippen molar-refractivity contribution in [1.82, 2.24) is 5.32 Å². The zero-order chi connectivity index (χ0) is 19.3. The van der Waals surface area contributed by atoms with E-state index in [2.05, 4.69) is 24.5 Å². The van der Waals surface area contributed by atoms with Gasteiger partial charge in [0, 0.05) is 17.7 Å². The fourth-order valence-electron chi connectivity index (χ4n) is 2.42. The smallest absolute Gasteiger partial charge is 0.255 e. The van der Waals surface area contributed by atoms with Crippen LogP contribution >= 0.6 is 11.6 Å². The van der Waals surface area contributed by atoms with Crippen molar-refractivity contribution in [2.45, 2.75) is 34.1 Å². The highest BCUT2D eigenvalue weighted by Gasteiger charge is 2.13. The molecular formula is C21H25ClN2O2. The predicted octanol–water partition coefficient (Wildman–Crippen LogP) is 4.99. The number of carbonyl (C=O) groups is 2. The maximum atomic E-state index is 12.5. The van der Waals surface area contributed by atoms with Crippen LogP contribution in [0, 0.1) is 19.8 Å². The fourth-order valence-corrected chi connectivity index (χ4v) is 2.58. The van der Waals surface area contributed by atoms with Gasteiger partial charge >= 0.3 is 0 Å². The van der Waals surface area contributed by atoms with Crippen LogP contribution in [0.25, 0.3) is 0 Å². The highest BCUT2D eigenvalue weighted by Crippen LogP contribution is 2.24. The van der Waals surface area contributed by atoms with Gasteiger partial charge in [-0.25, -0.2) is 0 Å². The Bertz CT molecular complexity index is 816. The number of amides is 2. The van der Waals surface area contributed by atoms with Gasteiger partial charge in [-0.2, -0.15) is 0 Å². The summed E-state index contributed by atoms with van der Waals surface area (Å²) in [6.07, 6.45) is 0.912. The van der Waals surface area contributed by atoms with Crippen molar-refractivity contribution in [2.75, 3.05) is 11.9 Å². The number of hydrogen-bond acceptors (Lipinski definition) is 2. The van der Waals surface area contributed by atoms with E-state index in [1.54, 1.807) is 24.3 Å². The average molecular weight is 373 g/mol. The van der Waals surface area contributed by atoms with Crippen LogP contribution in [0.3, 0.4) is 0 Å². The second-order valence-corrected chi connectivity index (χ2v) is 7.29. The molecule has 0 unspecified atom stereocenters. The number of carbonyl (C=O) groups excluding carboxylic acids is 2. The van der Waals surface area contributed by atoms with Crippen molar-refractivity contribution >= 4 is 29.1 Å². The Kier molecular flexibility index (Phi) is 6.81. The number of benzene rings is 2. The van der Waals surface area contributed by atoms with Gasteiger partial charge in [0.05, 0.1) is 10.7 Å². The van der Waals surface area contributed by atoms with E-state index in [0.717, 1.165) is 17.5 Å². The van der Waals surface area contributed by atoms with E-state index in [0.29, 0.717) is 34.3 Å². The van der Waals surface area contributed by atoms with Crippen molar-refractivity contribution in [3.05, 3.63) is 63.7 Å². The minimum atomic E-state index is -0.257. The van der Waals surface area contributed by atoms with Crippen LogP contribution in [0.15, 0.2) is 36.4 Å². The molecule has 0 spiro atoms. The Balaban J connectivity index is 2.12. The number of anilines is 1. The fraction of sp³-hybridized carbons (Fsp3) is 0.333. The highest BCUT2D eigenvalue weighted by molar-refractivity contribution is 6.34. The predicted molar refractivity (Wildman–Crippen MR) is 107 cm³/mol. The first-order chi connectivity index (χ1) is 12.3. The first-order valence-corrected chi connectivity index (χ1v) is 9.12. The summed E-state index contributed by atoms with van der Waals surface area (Å²) in [6.45, 7) is 8.78. The highest BCUT2D eigenvalue weighted by atomic mass is 35.5. The molecule has 0 aliphatic heterocycles. The van der Waals surface area contributed by atoms with Crippen LogP contribution in [-0.2, 0) is 0 Å². The molecule has 0 aromatic heterocycles. The van der Waals surface area contributed by atoms with Crippen LogP contribution in [0.4, 0.5) is 5.69 Å². The lowest BCUT2D eigenvalue weighted by Crippen LogP contribution is -2.25. The summed E-state index contributed by atoms with van der Waals surface area (Å²) in [5.74, 6) is 0.0877. The van der Waals surface area contributed by atoms with Gasteiger partial charge in [-0.15, -0.1) is 0 Å². The van der Waals surface area contributed by atoms with Crippen LogP contribution in [0.5, 0.6) is 0 Å². The van der Waals surface area contributed by atoms with Gasteiger partial charge in [-0.3, -0.25) is 9.59 Å². The number of hydrogen-bond donors (Lipinski definition) is 2. The molecule has 0 heterocycles. The molecule has 2 rings (SSSR count). The van der Waals surface area contributed by atoms with Crippen molar-refractivity contribution in [1.29, 1.82) is 0 Å². The molecule has 0 fully saturated rings. The summed E-state index contributed by atoms with van der Waals surface area (Å²) < 4.78 is 0. The summed E-state index contributed by atoms with van der Waals surface area (Å²) in [5.41, 5.74) is 3.61. The van der Waals surface area contributed by atoms with Gasteiger partial charge in [0.2, 0.25) is 0 Å². The summed E-state index contributed by atoms with van der Waals surface area (Å²) in [6, 6.07) is 10.4. The molecule has 0 aliphatic rings. The average Bonchev–Trinajstić information content (AvgIpc) is 2.58. The minimum absolute atomic E-state index is 0.177. The van der Waals surface area contributed by atoms with Crippen molar-refractivity contribution in [2.24, 2.45) is 5.92 Å². The van der Waals surface area contributed by atoms with Crippen LogP contribution in [0.2, 0.25) is 5.02 Å². The number of aryl methyl sites for hydroxylation is 2. The quantitative estimate of drug-likeness (QED) is 0.750. The lowest BCUT2D eigenvalue weighted by Gasteiger charge is -2.11. The second kappa shape index (κ2) is 8.86. The first-order valence-electron chi connectivity index (χ1n) is 8.74. The Labute approximate surface area is 159 Å². The molecule has 0 atom stereocenters. The molecule has 26 heavy (non-hydrogen) atoms. The van der Waals surface area contributed by atoms with Crippen LogP contribution in [0.1, 0.15) is 52.1 Å². The van der Waals surface area contributed by atoms with E-state index >= 15 is 0 Å². The molecular weight excluding hydrogens is 348 g/mol. The number of halogens is 1. The molecule has 0 radical (unpaired) electrons. The van der Waals surface area contributed by atoms with Crippen LogP contribution in [-0.4, -0.2) is 18.4 Å². The summed E-state index contributed by atoms with van der Waals surface area (Å²) in [4.78, 5) is 24.7. The molecule has 2 N–H and O–H groups in total. The lowest BCUT2D eigenvalue weighted by atomic mass is 10.1. The van der Waals surface area contributed by atoms with E-state index in [1.165, 1.54) is 0 Å². The van der Waals surface area contributed by atoms with Gasteiger partial charge in [0.25, 0.3) is 11.8 Å². The molecule has 5 heteroatoms. The Hall–Kier alpha value is -2.33. The molecule has 2 aromatic rings. The largest absolute Gasteiger partial charge is 0.352 e. The summed E-state index contributed by atoms with van der Waals surface area (Å²) >= 11 is 6.19. The molecule has 0 bridgehead atoms. The maximum Gasteiger partial charge on any atom is 0.255 e. The molecule has 2 aromatic carbocycles. The summed E-state index contributed by atoms with van der Waals surface area (Å²) in [7, 11) is 0. The molecule has 0 saturated heterocycles. The zero-order valence-corrected chi connectivity index (χ0v) is 16.4. The Morgan fingerprint density at radius 3 is 2.27 bits per heavy atom. The van der Waals surface area contributed by atoms with E-state index < -0.39 is 0 Å². The van der Waals surface area contributed by atoms with E-state index in [9.17, 15) is 9.59 Å². The van der Waals surface area contributed by atoms with E-state index in [4.69, 9.17) is 11.6 Å². The third-order valence-corrected chi connectivity index (χ3v) is 4.58.